The summed E-state index contributed by atoms with van der Waals surface area (Å²) >= 11 is 0. The molecule has 0 N–H and O–H groups in total. The molecule has 1 aliphatic carbocycles. The Balaban J connectivity index is 1.63. The summed E-state index contributed by atoms with van der Waals surface area (Å²) in [5, 5.41) is 0. The molecular weight excluding hydrogens is 362 g/mol. The van der Waals surface area contributed by atoms with Crippen molar-refractivity contribution in [2.45, 2.75) is 33.2 Å². The van der Waals surface area contributed by atoms with Gasteiger partial charge >= 0.3 is 0 Å². The van der Waals surface area contributed by atoms with Gasteiger partial charge < -0.3 is 9.47 Å². The lowest BCUT2D eigenvalue weighted by Gasteiger charge is -2.21. The third-order valence-corrected chi connectivity index (χ3v) is 5.61. The van der Waals surface area contributed by atoms with Crippen LogP contribution in [0.3, 0.4) is 0 Å². The Morgan fingerprint density at radius 2 is 1.79 bits per heavy atom. The average Bonchev–Trinajstić information content (AvgIpc) is 3.05. The van der Waals surface area contributed by atoms with Crippen molar-refractivity contribution in [3.05, 3.63) is 70.8 Å². The molecular formula is C25H31NO3. The van der Waals surface area contributed by atoms with Crippen molar-refractivity contribution in [1.82, 2.24) is 4.90 Å². The first-order chi connectivity index (χ1) is 14.0. The number of carbonyl (C=O) groups is 1. The van der Waals surface area contributed by atoms with E-state index in [9.17, 15) is 4.79 Å². The number of hydrogen-bond donors (Lipinski definition) is 0. The summed E-state index contributed by atoms with van der Waals surface area (Å²) in [5.41, 5.74) is 3.98. The molecule has 0 spiro atoms. The number of methoxy groups -OCH3 is 2. The molecule has 154 valence electrons. The predicted molar refractivity (Wildman–Crippen MR) is 117 cm³/mol. The monoisotopic (exact) mass is 393 g/mol. The number of carbonyl (C=O) groups excluding carboxylic acids is 1. The summed E-state index contributed by atoms with van der Waals surface area (Å²) < 4.78 is 10.7. The first-order valence-corrected chi connectivity index (χ1v) is 10.3. The van der Waals surface area contributed by atoms with Crippen LogP contribution in [0.15, 0.2) is 54.1 Å². The summed E-state index contributed by atoms with van der Waals surface area (Å²) in [4.78, 5) is 15.3. The van der Waals surface area contributed by atoms with Gasteiger partial charge in [-0.3, -0.25) is 9.69 Å². The molecule has 0 fully saturated rings. The topological polar surface area (TPSA) is 38.8 Å². The molecule has 4 nitrogen and oxygen atoms in total. The summed E-state index contributed by atoms with van der Waals surface area (Å²) in [6.45, 7) is 7.39. The molecule has 0 bridgehead atoms. The van der Waals surface area contributed by atoms with Crippen LogP contribution in [-0.4, -0.2) is 38.0 Å². The third-order valence-electron chi connectivity index (χ3n) is 5.61. The lowest BCUT2D eigenvalue weighted by Crippen LogP contribution is -2.25. The molecule has 1 unspecified atom stereocenters. The number of rotatable bonds is 9. The van der Waals surface area contributed by atoms with Gasteiger partial charge in [-0.15, -0.1) is 0 Å². The summed E-state index contributed by atoms with van der Waals surface area (Å²) in [7, 11) is 3.21. The highest BCUT2D eigenvalue weighted by atomic mass is 16.5. The molecule has 0 aromatic heterocycles. The number of fused-ring (bicyclic) bond motifs is 1. The van der Waals surface area contributed by atoms with Crippen molar-refractivity contribution in [3.63, 3.8) is 0 Å². The molecule has 3 rings (SSSR count). The van der Waals surface area contributed by atoms with Gasteiger partial charge in [0.2, 0.25) is 0 Å². The van der Waals surface area contributed by atoms with E-state index in [1.54, 1.807) is 20.3 Å². The van der Waals surface area contributed by atoms with Gasteiger partial charge in [0, 0.05) is 24.1 Å². The molecule has 0 aliphatic heterocycles. The summed E-state index contributed by atoms with van der Waals surface area (Å²) in [6, 6.07) is 14.3. The van der Waals surface area contributed by atoms with Crippen molar-refractivity contribution >= 4 is 5.78 Å². The van der Waals surface area contributed by atoms with E-state index >= 15 is 0 Å². The third kappa shape index (κ3) is 5.07. The van der Waals surface area contributed by atoms with Crippen LogP contribution in [0.5, 0.6) is 11.5 Å². The average molecular weight is 394 g/mol. The van der Waals surface area contributed by atoms with Crippen molar-refractivity contribution < 1.29 is 14.3 Å². The van der Waals surface area contributed by atoms with Crippen LogP contribution in [0.2, 0.25) is 0 Å². The Morgan fingerprint density at radius 1 is 1.10 bits per heavy atom. The molecule has 4 heteroatoms. The van der Waals surface area contributed by atoms with E-state index in [-0.39, 0.29) is 5.78 Å². The largest absolute Gasteiger partial charge is 0.493 e. The van der Waals surface area contributed by atoms with Crippen molar-refractivity contribution in [2.75, 3.05) is 27.3 Å². The number of ketones is 1. The van der Waals surface area contributed by atoms with Crippen LogP contribution in [-0.2, 0) is 13.0 Å². The quantitative estimate of drug-likeness (QED) is 0.567. The van der Waals surface area contributed by atoms with Gasteiger partial charge in [0.05, 0.1) is 14.2 Å². The number of hydrogen-bond acceptors (Lipinski definition) is 4. The Morgan fingerprint density at radius 3 is 2.45 bits per heavy atom. The normalized spacial score (nSPS) is 15.6. The highest BCUT2D eigenvalue weighted by Gasteiger charge is 2.27. The van der Waals surface area contributed by atoms with Crippen molar-refractivity contribution in [3.8, 4) is 11.5 Å². The number of allylic oxidation sites excluding steroid dienone is 2. The molecule has 1 aliphatic rings. The minimum absolute atomic E-state index is 0.115. The molecule has 2 aromatic rings. The maximum absolute atomic E-state index is 12.9. The van der Waals surface area contributed by atoms with Gasteiger partial charge in [-0.05, 0) is 48.7 Å². The molecule has 1 atom stereocenters. The Kier molecular flexibility index (Phi) is 7.10. The van der Waals surface area contributed by atoms with E-state index in [0.717, 1.165) is 42.8 Å². The van der Waals surface area contributed by atoms with Crippen molar-refractivity contribution in [2.24, 2.45) is 5.92 Å². The number of benzene rings is 2. The minimum Gasteiger partial charge on any atom is -0.493 e. The SMILES string of the molecule is CCN(CCC(C)/C=C1\Cc2cc(OC)c(OC)cc2C1=O)Cc1ccccc1. The second kappa shape index (κ2) is 9.75. The highest BCUT2D eigenvalue weighted by molar-refractivity contribution is 6.13. The zero-order valence-electron chi connectivity index (χ0n) is 17.9. The van der Waals surface area contributed by atoms with E-state index < -0.39 is 0 Å². The minimum atomic E-state index is 0.115. The van der Waals surface area contributed by atoms with E-state index in [1.807, 2.05) is 6.07 Å². The summed E-state index contributed by atoms with van der Waals surface area (Å²) in [6.07, 6.45) is 3.85. The fourth-order valence-electron chi connectivity index (χ4n) is 3.88. The lowest BCUT2D eigenvalue weighted by molar-refractivity contribution is 0.103. The van der Waals surface area contributed by atoms with E-state index in [0.29, 0.717) is 23.8 Å². The Bertz CT molecular complexity index is 873. The Labute approximate surface area is 174 Å². The maximum atomic E-state index is 12.9. The predicted octanol–water partition coefficient (Wildman–Crippen LogP) is 4.92. The van der Waals surface area contributed by atoms with Crippen LogP contribution in [0.25, 0.3) is 0 Å². The van der Waals surface area contributed by atoms with Crippen LogP contribution in [0.4, 0.5) is 0 Å². The summed E-state index contributed by atoms with van der Waals surface area (Å²) in [5.74, 6) is 1.74. The van der Waals surface area contributed by atoms with Crippen LogP contribution in [0.1, 0.15) is 41.8 Å². The van der Waals surface area contributed by atoms with Gasteiger partial charge in [-0.1, -0.05) is 50.3 Å². The van der Waals surface area contributed by atoms with Crippen LogP contribution in [0, 0.1) is 5.92 Å². The fourth-order valence-corrected chi connectivity index (χ4v) is 3.88. The molecule has 29 heavy (non-hydrogen) atoms. The molecule has 0 amide bonds. The zero-order valence-corrected chi connectivity index (χ0v) is 17.9. The van der Waals surface area contributed by atoms with E-state index in [4.69, 9.17) is 9.47 Å². The molecule has 0 saturated heterocycles. The van der Waals surface area contributed by atoms with Crippen LogP contribution < -0.4 is 9.47 Å². The molecule has 0 saturated carbocycles. The first kappa shape index (κ1) is 21.1. The van der Waals surface area contributed by atoms with Gasteiger partial charge in [-0.2, -0.15) is 0 Å². The number of Topliss-reactive ketones (excluding diaryl/α,β-unsaturated/α-hetero) is 1. The fraction of sp³-hybridized carbons (Fsp3) is 0.400. The first-order valence-electron chi connectivity index (χ1n) is 10.3. The molecule has 0 radical (unpaired) electrons. The second-order valence-electron chi connectivity index (χ2n) is 7.68. The van der Waals surface area contributed by atoms with Crippen LogP contribution >= 0.6 is 0 Å². The zero-order chi connectivity index (χ0) is 20.8. The van der Waals surface area contributed by atoms with E-state index in [1.165, 1.54) is 5.56 Å². The number of ether oxygens (including phenoxy) is 2. The smallest absolute Gasteiger partial charge is 0.189 e. The van der Waals surface area contributed by atoms with Gasteiger partial charge in [0.15, 0.2) is 17.3 Å². The van der Waals surface area contributed by atoms with Gasteiger partial charge in [0.1, 0.15) is 0 Å². The standard InChI is InChI=1S/C25H31NO3/c1-5-26(17-19-9-7-6-8-10-19)12-11-18(2)13-21-14-20-15-23(28-3)24(29-4)16-22(20)25(21)27/h6-10,13,15-16,18H,5,11-12,14,17H2,1-4H3/b21-13+. The van der Waals surface area contributed by atoms with Crippen molar-refractivity contribution in [1.29, 1.82) is 0 Å². The van der Waals surface area contributed by atoms with E-state index in [2.05, 4.69) is 55.2 Å². The highest BCUT2D eigenvalue weighted by Crippen LogP contribution is 2.36. The van der Waals surface area contributed by atoms with Gasteiger partial charge in [-0.25, -0.2) is 0 Å². The number of nitrogens with zero attached hydrogens (tertiary/aromatic N) is 1. The lowest BCUT2D eigenvalue weighted by atomic mass is 10.0. The van der Waals surface area contributed by atoms with Gasteiger partial charge in [0.25, 0.3) is 0 Å². The molecule has 2 aromatic carbocycles. The second-order valence-corrected chi connectivity index (χ2v) is 7.68. The Hall–Kier alpha value is -2.59. The molecule has 0 heterocycles. The maximum Gasteiger partial charge on any atom is 0.189 e.